The number of thioether (sulfide) groups is 1. The molecule has 1 aromatic heterocycles. The van der Waals surface area contributed by atoms with Crippen LogP contribution in [0.4, 0.5) is 8.78 Å². The van der Waals surface area contributed by atoms with E-state index in [1.807, 2.05) is 42.6 Å². The fraction of sp³-hybridized carbons (Fsp3) is 0.560. The maximum absolute atomic E-state index is 15.7. The molecule has 70 heavy (non-hydrogen) atoms. The summed E-state index contributed by atoms with van der Waals surface area (Å²) in [5.74, 6) is -4.49. The standard InChI is InChI=1S/C50H71F2N7O10S/c1-35-26-38(51)28-39(48(35)52)37-27-42(58(30-37)29-36-10-7-6-8-11-36)40(50(2,3)4)31-57(18-9-15-53)47(64)34-70-33-41(56-43(60)14-19-67-22-23-69-25-24-68-21-20-66-5)49(65)55-17-16-54-44(61)32-59-45(62)12-13-46(59)63/h6-8,10-13,26-28,30,35,40-41,48H,9,14-25,29,31-34,53H2,1-5H3,(H,54,61)(H,55,65)(H,56,60)/t35?,40-,41-,48?/m0/s1. The SMILES string of the molecule is COCCOCCOCCOCCC(=O)N[C@@H](CSCC(=O)N(CCCN)C[C@@H](c1cc(C2=CC(F)=CC(C)C2F)cn1Cc1ccccc1)C(C)(C)C)C(=O)NCCNC(=O)CN1C(=O)C=CC1=O. The van der Waals surface area contributed by atoms with Crippen LogP contribution in [0.2, 0.25) is 0 Å². The number of imide groups is 1. The summed E-state index contributed by atoms with van der Waals surface area (Å²) in [5, 5.41) is 8.01. The molecule has 4 rings (SSSR count). The maximum atomic E-state index is 15.7. The van der Waals surface area contributed by atoms with Gasteiger partial charge in [0.2, 0.25) is 23.6 Å². The lowest BCUT2D eigenvalue weighted by molar-refractivity contribution is -0.141. The summed E-state index contributed by atoms with van der Waals surface area (Å²) in [6, 6.07) is 10.6. The molecule has 17 nitrogen and oxygen atoms in total. The molecule has 0 bridgehead atoms. The van der Waals surface area contributed by atoms with Crippen LogP contribution in [0.5, 0.6) is 0 Å². The van der Waals surface area contributed by atoms with E-state index in [2.05, 4.69) is 41.3 Å². The van der Waals surface area contributed by atoms with Crippen LogP contribution in [-0.4, -0.2) is 166 Å². The predicted molar refractivity (Wildman–Crippen MR) is 264 cm³/mol. The molecule has 5 N–H and O–H groups in total. The fourth-order valence-corrected chi connectivity index (χ4v) is 8.56. The molecule has 2 heterocycles. The van der Waals surface area contributed by atoms with Gasteiger partial charge in [0.05, 0.1) is 52.0 Å². The normalized spacial score (nSPS) is 16.7. The minimum absolute atomic E-state index is 0.0165. The Balaban J connectivity index is 1.44. The van der Waals surface area contributed by atoms with E-state index in [4.69, 9.17) is 24.7 Å². The summed E-state index contributed by atoms with van der Waals surface area (Å²) in [5.41, 5.74) is 8.24. The van der Waals surface area contributed by atoms with Crippen molar-refractivity contribution in [3.05, 3.63) is 89.5 Å². The molecule has 2 aromatic rings. The molecule has 0 spiro atoms. The molecular formula is C50H71F2N7O10S. The Morgan fingerprint density at radius 1 is 0.914 bits per heavy atom. The zero-order valence-electron chi connectivity index (χ0n) is 41.1. The van der Waals surface area contributed by atoms with E-state index in [0.29, 0.717) is 64.7 Å². The van der Waals surface area contributed by atoms with Crippen molar-refractivity contribution in [1.82, 2.24) is 30.3 Å². The van der Waals surface area contributed by atoms with E-state index in [1.165, 1.54) is 23.9 Å². The topological polar surface area (TPSA) is 213 Å². The average Bonchev–Trinajstić information content (AvgIpc) is 3.87. The summed E-state index contributed by atoms with van der Waals surface area (Å²) in [4.78, 5) is 79.6. The van der Waals surface area contributed by atoms with Crippen molar-refractivity contribution in [1.29, 1.82) is 0 Å². The highest BCUT2D eigenvalue weighted by Crippen LogP contribution is 2.40. The number of benzene rings is 1. The van der Waals surface area contributed by atoms with Crippen molar-refractivity contribution in [2.75, 3.05) is 104 Å². The lowest BCUT2D eigenvalue weighted by Crippen LogP contribution is -2.50. The smallest absolute Gasteiger partial charge is 0.254 e. The molecular weight excluding hydrogens is 929 g/mol. The Labute approximate surface area is 414 Å². The van der Waals surface area contributed by atoms with Crippen LogP contribution in [0.25, 0.3) is 5.57 Å². The number of hydrogen-bond donors (Lipinski definition) is 4. The van der Waals surface area contributed by atoms with Crippen molar-refractivity contribution in [2.45, 2.75) is 65.2 Å². The molecule has 1 aromatic carbocycles. The minimum Gasteiger partial charge on any atom is -0.382 e. The first-order valence-corrected chi connectivity index (χ1v) is 24.8. The number of aromatic nitrogens is 1. The summed E-state index contributed by atoms with van der Waals surface area (Å²) >= 11 is 1.17. The van der Waals surface area contributed by atoms with Gasteiger partial charge in [0, 0.05) is 87.9 Å². The van der Waals surface area contributed by atoms with Gasteiger partial charge in [-0.15, -0.1) is 11.8 Å². The number of amides is 6. The van der Waals surface area contributed by atoms with Crippen molar-refractivity contribution in [3.63, 3.8) is 0 Å². The molecule has 0 radical (unpaired) electrons. The van der Waals surface area contributed by atoms with Gasteiger partial charge in [0.15, 0.2) is 0 Å². The summed E-state index contributed by atoms with van der Waals surface area (Å²) in [6.45, 7) is 11.0. The van der Waals surface area contributed by atoms with E-state index >= 15 is 4.39 Å². The van der Waals surface area contributed by atoms with Gasteiger partial charge in [-0.25, -0.2) is 8.78 Å². The molecule has 4 atom stereocenters. The number of halogens is 2. The first-order chi connectivity index (χ1) is 33.5. The molecule has 0 saturated carbocycles. The summed E-state index contributed by atoms with van der Waals surface area (Å²) in [7, 11) is 1.59. The van der Waals surface area contributed by atoms with Crippen LogP contribution in [0.3, 0.4) is 0 Å². The van der Waals surface area contributed by atoms with Crippen LogP contribution < -0.4 is 21.7 Å². The molecule has 6 amide bonds. The average molecular weight is 1000 g/mol. The van der Waals surface area contributed by atoms with Gasteiger partial charge >= 0.3 is 0 Å². The number of nitrogens with one attached hydrogen (secondary N) is 3. The zero-order valence-corrected chi connectivity index (χ0v) is 41.9. The van der Waals surface area contributed by atoms with Crippen molar-refractivity contribution in [3.8, 4) is 0 Å². The van der Waals surface area contributed by atoms with Gasteiger partial charge in [-0.2, -0.15) is 0 Å². The highest BCUT2D eigenvalue weighted by Gasteiger charge is 2.35. The van der Waals surface area contributed by atoms with E-state index in [1.54, 1.807) is 18.9 Å². The van der Waals surface area contributed by atoms with Gasteiger partial charge in [0.25, 0.3) is 11.8 Å². The van der Waals surface area contributed by atoms with Crippen molar-refractivity contribution >= 4 is 52.8 Å². The summed E-state index contributed by atoms with van der Waals surface area (Å²) < 4.78 is 53.9. The predicted octanol–water partition coefficient (Wildman–Crippen LogP) is 3.53. The monoisotopic (exact) mass is 999 g/mol. The number of nitrogens with two attached hydrogens (primary N) is 1. The number of ether oxygens (including phenoxy) is 4. The Bertz CT molecular complexity index is 2110. The third kappa shape index (κ3) is 19.2. The van der Waals surface area contributed by atoms with Gasteiger partial charge in [-0.3, -0.25) is 33.7 Å². The molecule has 1 aliphatic heterocycles. The number of nitrogens with zero attached hydrogens (tertiary/aromatic N) is 3. The number of carbonyl (C=O) groups is 6. The van der Waals surface area contributed by atoms with E-state index in [-0.39, 0.29) is 68.2 Å². The summed E-state index contributed by atoms with van der Waals surface area (Å²) in [6.07, 6.45) is 5.59. The largest absolute Gasteiger partial charge is 0.382 e. The van der Waals surface area contributed by atoms with E-state index in [0.717, 1.165) is 28.3 Å². The third-order valence-corrected chi connectivity index (χ3v) is 12.5. The maximum Gasteiger partial charge on any atom is 0.254 e. The number of carbonyl (C=O) groups excluding carboxylic acids is 6. The molecule has 20 heteroatoms. The zero-order chi connectivity index (χ0) is 51.1. The van der Waals surface area contributed by atoms with Gasteiger partial charge < -0.3 is 50.1 Å². The second-order valence-corrected chi connectivity index (χ2v) is 19.1. The molecule has 2 unspecified atom stereocenters. The van der Waals surface area contributed by atoms with Crippen molar-refractivity contribution < 1.29 is 56.5 Å². The first kappa shape index (κ1) is 57.3. The van der Waals surface area contributed by atoms with Gasteiger partial charge in [-0.05, 0) is 53.3 Å². The second kappa shape index (κ2) is 29.8. The Hall–Kier alpha value is -5.25. The van der Waals surface area contributed by atoms with Gasteiger partial charge in [0.1, 0.15) is 24.6 Å². The fourth-order valence-electron chi connectivity index (χ4n) is 7.62. The lowest BCUT2D eigenvalue weighted by Gasteiger charge is -2.36. The number of alkyl halides is 1. The number of allylic oxidation sites excluding steroid dienone is 4. The molecule has 2 aliphatic rings. The van der Waals surface area contributed by atoms with Crippen LogP contribution in [-0.2, 0) is 54.3 Å². The van der Waals surface area contributed by atoms with E-state index < -0.39 is 65.5 Å². The highest BCUT2D eigenvalue weighted by atomic mass is 32.2. The number of methoxy groups -OCH3 is 1. The Morgan fingerprint density at radius 3 is 2.20 bits per heavy atom. The van der Waals surface area contributed by atoms with Crippen LogP contribution in [0.1, 0.15) is 63.3 Å². The molecule has 1 aliphatic carbocycles. The van der Waals surface area contributed by atoms with Gasteiger partial charge in [-0.1, -0.05) is 58.0 Å². The second-order valence-electron chi connectivity index (χ2n) is 18.0. The van der Waals surface area contributed by atoms with Crippen LogP contribution in [0.15, 0.2) is 72.7 Å². The number of rotatable bonds is 32. The Morgan fingerprint density at radius 2 is 1.56 bits per heavy atom. The lowest BCUT2D eigenvalue weighted by atomic mass is 9.77. The van der Waals surface area contributed by atoms with Crippen LogP contribution >= 0.6 is 11.8 Å². The highest BCUT2D eigenvalue weighted by molar-refractivity contribution is 8.00. The Kier molecular flexibility index (Phi) is 24.4. The first-order valence-electron chi connectivity index (χ1n) is 23.6. The van der Waals surface area contributed by atoms with E-state index in [9.17, 15) is 33.2 Å². The van der Waals surface area contributed by atoms with Crippen LogP contribution in [0, 0.1) is 11.3 Å². The molecule has 386 valence electrons. The quantitative estimate of drug-likeness (QED) is 0.0613. The number of hydrogen-bond acceptors (Lipinski definition) is 12. The molecule has 0 saturated heterocycles. The minimum atomic E-state index is -1.41. The van der Waals surface area contributed by atoms with Crippen molar-refractivity contribution in [2.24, 2.45) is 17.1 Å². The molecule has 0 fully saturated rings. The third-order valence-electron chi connectivity index (χ3n) is 11.5.